The zero-order valence-electron chi connectivity index (χ0n) is 24.8. The quantitative estimate of drug-likeness (QED) is 0.301. The molecule has 38 heavy (non-hydrogen) atoms. The summed E-state index contributed by atoms with van der Waals surface area (Å²) in [5.74, 6) is 1.15. The van der Waals surface area contributed by atoms with Gasteiger partial charge in [-0.05, 0) is 61.9 Å². The molecule has 1 aromatic carbocycles. The third-order valence-electron chi connectivity index (χ3n) is 9.31. The summed E-state index contributed by atoms with van der Waals surface area (Å²) in [5, 5.41) is 0.166. The smallest absolute Gasteiger partial charge is 0.345 e. The second kappa shape index (κ2) is 11.6. The lowest BCUT2D eigenvalue weighted by molar-refractivity contribution is 0.0329. The van der Waals surface area contributed by atoms with Crippen molar-refractivity contribution in [2.24, 2.45) is 5.92 Å². The van der Waals surface area contributed by atoms with Gasteiger partial charge < -0.3 is 13.7 Å². The van der Waals surface area contributed by atoms with E-state index in [1.165, 1.54) is 18.4 Å². The fraction of sp³-hybridized carbons (Fsp3) is 0.606. The van der Waals surface area contributed by atoms with E-state index in [4.69, 9.17) is 8.84 Å². The lowest BCUT2D eigenvalue weighted by Gasteiger charge is -2.56. The van der Waals surface area contributed by atoms with E-state index in [1.807, 2.05) is 0 Å². The summed E-state index contributed by atoms with van der Waals surface area (Å²) in [6.07, 6.45) is 13.2. The number of aryl methyl sites for hydroxylation is 1. The molecule has 2 heterocycles. The van der Waals surface area contributed by atoms with E-state index in [2.05, 4.69) is 101 Å². The molecule has 0 amide bonds. The third-order valence-corrected chi connectivity index (χ3v) is 13.8. The molecule has 0 radical (unpaired) electrons. The highest BCUT2D eigenvalue weighted by Crippen LogP contribution is 2.51. The van der Waals surface area contributed by atoms with Gasteiger partial charge in [0, 0.05) is 24.9 Å². The normalized spacial score (nSPS) is 23.6. The van der Waals surface area contributed by atoms with E-state index in [9.17, 15) is 4.79 Å². The molecule has 1 aliphatic carbocycles. The Morgan fingerprint density at radius 2 is 1.87 bits per heavy atom. The van der Waals surface area contributed by atoms with Gasteiger partial charge in [0.15, 0.2) is 8.32 Å². The van der Waals surface area contributed by atoms with Crippen LogP contribution in [0.5, 0.6) is 0 Å². The Morgan fingerprint density at radius 3 is 2.53 bits per heavy atom. The van der Waals surface area contributed by atoms with E-state index in [0.717, 1.165) is 56.5 Å². The third kappa shape index (κ3) is 5.74. The lowest BCUT2D eigenvalue weighted by Crippen LogP contribution is -2.61. The molecule has 2 aliphatic rings. The largest absolute Gasteiger partial charge is 0.427 e. The minimum Gasteiger partial charge on any atom is -0.427 e. The van der Waals surface area contributed by atoms with Gasteiger partial charge in [-0.1, -0.05) is 83.9 Å². The van der Waals surface area contributed by atoms with Crippen molar-refractivity contribution in [3.63, 3.8) is 0 Å². The number of anilines is 1. The van der Waals surface area contributed by atoms with E-state index < -0.39 is 8.32 Å². The number of hydrogen-bond acceptors (Lipinski definition) is 4. The van der Waals surface area contributed by atoms with Crippen molar-refractivity contribution in [2.45, 2.75) is 122 Å². The zero-order valence-corrected chi connectivity index (χ0v) is 25.8. The molecule has 0 N–H and O–H groups in total. The van der Waals surface area contributed by atoms with Gasteiger partial charge in [-0.3, -0.25) is 0 Å². The molecule has 5 heteroatoms. The van der Waals surface area contributed by atoms with Gasteiger partial charge in [0.1, 0.15) is 5.76 Å². The van der Waals surface area contributed by atoms with Gasteiger partial charge in [0.25, 0.3) is 0 Å². The van der Waals surface area contributed by atoms with Crippen LogP contribution in [0.15, 0.2) is 51.7 Å². The van der Waals surface area contributed by atoms with Crippen molar-refractivity contribution in [1.29, 1.82) is 0 Å². The van der Waals surface area contributed by atoms with E-state index in [0.29, 0.717) is 11.5 Å². The fourth-order valence-electron chi connectivity index (χ4n) is 6.22. The minimum absolute atomic E-state index is 0.166. The van der Waals surface area contributed by atoms with Crippen molar-refractivity contribution in [2.75, 3.05) is 4.90 Å². The summed E-state index contributed by atoms with van der Waals surface area (Å²) in [6, 6.07) is 12.9. The number of benzene rings is 1. The first-order chi connectivity index (χ1) is 18.0. The zero-order chi connectivity index (χ0) is 27.6. The minimum atomic E-state index is -1.96. The lowest BCUT2D eigenvalue weighted by atomic mass is 9.66. The van der Waals surface area contributed by atoms with Crippen molar-refractivity contribution >= 4 is 20.1 Å². The molecule has 1 aliphatic heterocycles. The van der Waals surface area contributed by atoms with Crippen LogP contribution in [-0.2, 0) is 17.4 Å². The molecule has 0 bridgehead atoms. The molecule has 208 valence electrons. The highest BCUT2D eigenvalue weighted by atomic mass is 28.4. The molecule has 0 unspecified atom stereocenters. The molecule has 1 saturated carbocycles. The molecule has 4 nitrogen and oxygen atoms in total. The van der Waals surface area contributed by atoms with Crippen LogP contribution in [0.4, 0.5) is 5.69 Å². The van der Waals surface area contributed by atoms with Crippen LogP contribution in [0.3, 0.4) is 0 Å². The van der Waals surface area contributed by atoms with Crippen molar-refractivity contribution in [3.05, 3.63) is 69.8 Å². The second-order valence-corrected chi connectivity index (χ2v) is 17.8. The standard InChI is InChI=1S/C33H49NO3Si/c1-8-10-18-28-30(37-38(6,7)32(3,4)5)19-14-21-33(28)22-20-27-29(23-26(15-9-2)36-31(27)35)34(33)24-25-16-12-11-13-17-25/h11-13,16-17,20,22-23,28,30H,8-10,14-15,18-19,21,24H2,1-7H3/t28-,30+,33-/m1/s1. The average molecular weight is 536 g/mol. The average Bonchev–Trinajstić information content (AvgIpc) is 2.85. The highest BCUT2D eigenvalue weighted by Gasteiger charge is 2.52. The number of fused-ring (bicyclic) bond motifs is 1. The SMILES string of the molecule is CCCC[C@@H]1[C@@H](O[Si](C)(C)C(C)(C)C)CCC[C@@]12C=Cc1c(cc(CCC)oc1=O)N2Cc1ccccc1. The van der Waals surface area contributed by atoms with Crippen LogP contribution in [0, 0.1) is 5.92 Å². The Hall–Kier alpha value is -2.11. The predicted octanol–water partition coefficient (Wildman–Crippen LogP) is 8.75. The molecule has 1 fully saturated rings. The predicted molar refractivity (Wildman–Crippen MR) is 162 cm³/mol. The van der Waals surface area contributed by atoms with Gasteiger partial charge in [-0.15, -0.1) is 0 Å². The Bertz CT molecular complexity index is 1160. The van der Waals surface area contributed by atoms with Gasteiger partial charge in [0.05, 0.1) is 22.9 Å². The summed E-state index contributed by atoms with van der Waals surface area (Å²) in [7, 11) is -1.96. The molecule has 0 saturated heterocycles. The Morgan fingerprint density at radius 1 is 1.13 bits per heavy atom. The fourth-order valence-corrected chi connectivity index (χ4v) is 7.61. The molecule has 3 atom stereocenters. The second-order valence-electron chi connectivity index (χ2n) is 13.0. The van der Waals surface area contributed by atoms with Crippen LogP contribution in [0.1, 0.15) is 96.5 Å². The maximum atomic E-state index is 13.2. The molecule has 1 aromatic heterocycles. The Labute approximate surface area is 231 Å². The van der Waals surface area contributed by atoms with E-state index in [1.54, 1.807) is 0 Å². The number of hydrogen-bond donors (Lipinski definition) is 0. The van der Waals surface area contributed by atoms with Gasteiger partial charge >= 0.3 is 5.63 Å². The summed E-state index contributed by atoms with van der Waals surface area (Å²) in [5.41, 5.74) is 2.57. The summed E-state index contributed by atoms with van der Waals surface area (Å²) in [4.78, 5) is 15.7. The molecule has 4 rings (SSSR count). The van der Waals surface area contributed by atoms with Crippen LogP contribution in [0.2, 0.25) is 18.1 Å². The highest BCUT2D eigenvalue weighted by molar-refractivity contribution is 6.74. The van der Waals surface area contributed by atoms with Crippen LogP contribution < -0.4 is 10.5 Å². The van der Waals surface area contributed by atoms with Gasteiger partial charge in [-0.25, -0.2) is 4.79 Å². The molecular weight excluding hydrogens is 486 g/mol. The Balaban J connectivity index is 1.86. The molecule has 1 spiro atoms. The van der Waals surface area contributed by atoms with Gasteiger partial charge in [0.2, 0.25) is 0 Å². The molecular formula is C33H49NO3Si. The Kier molecular flexibility index (Phi) is 8.78. The first-order valence-electron chi connectivity index (χ1n) is 14.9. The number of unbranched alkanes of at least 4 members (excludes halogenated alkanes) is 1. The first kappa shape index (κ1) is 28.9. The topological polar surface area (TPSA) is 42.7 Å². The van der Waals surface area contributed by atoms with Crippen LogP contribution in [-0.4, -0.2) is 20.0 Å². The maximum Gasteiger partial charge on any atom is 0.345 e. The monoisotopic (exact) mass is 535 g/mol. The van der Waals surface area contributed by atoms with Gasteiger partial charge in [-0.2, -0.15) is 0 Å². The number of nitrogens with zero attached hydrogens (tertiary/aromatic N) is 1. The van der Waals surface area contributed by atoms with E-state index in [-0.39, 0.29) is 22.3 Å². The van der Waals surface area contributed by atoms with E-state index >= 15 is 0 Å². The summed E-state index contributed by atoms with van der Waals surface area (Å²) < 4.78 is 13.0. The van der Waals surface area contributed by atoms with Crippen molar-refractivity contribution in [3.8, 4) is 0 Å². The summed E-state index contributed by atoms with van der Waals surface area (Å²) in [6.45, 7) is 17.0. The van der Waals surface area contributed by atoms with Crippen LogP contribution >= 0.6 is 0 Å². The maximum absolute atomic E-state index is 13.2. The van der Waals surface area contributed by atoms with Crippen molar-refractivity contribution < 1.29 is 8.84 Å². The first-order valence-corrected chi connectivity index (χ1v) is 17.8. The summed E-state index contributed by atoms with van der Waals surface area (Å²) >= 11 is 0. The molecule has 2 aromatic rings. The van der Waals surface area contributed by atoms with Crippen molar-refractivity contribution in [1.82, 2.24) is 0 Å². The number of rotatable bonds is 9. The van der Waals surface area contributed by atoms with Crippen LogP contribution in [0.25, 0.3) is 6.08 Å².